The molecule has 19 heavy (non-hydrogen) atoms. The molecule has 0 bridgehead atoms. The molecule has 3 nitrogen and oxygen atoms in total. The van der Waals surface area contributed by atoms with E-state index in [4.69, 9.17) is 4.74 Å². The fourth-order valence-corrected chi connectivity index (χ4v) is 3.13. The summed E-state index contributed by atoms with van der Waals surface area (Å²) in [7, 11) is 0. The quantitative estimate of drug-likeness (QED) is 0.714. The number of nitrogens with zero attached hydrogens (tertiary/aromatic N) is 1. The minimum absolute atomic E-state index is 0.159. The van der Waals surface area contributed by atoms with Crippen molar-refractivity contribution < 1.29 is 9.53 Å². The molecule has 0 atom stereocenters. The van der Waals surface area contributed by atoms with Gasteiger partial charge in [0.25, 0.3) is 0 Å². The fraction of sp³-hybridized carbons (Fsp3) is 0.562. The van der Waals surface area contributed by atoms with Crippen molar-refractivity contribution in [3.8, 4) is 5.75 Å². The van der Waals surface area contributed by atoms with Crippen molar-refractivity contribution in [1.29, 1.82) is 0 Å². The Bertz CT molecular complexity index is 435. The molecule has 103 valence electrons. The van der Waals surface area contributed by atoms with Crippen LogP contribution in [0, 0.1) is 0 Å². The molecule has 1 aliphatic rings. The molecule has 1 aliphatic heterocycles. The summed E-state index contributed by atoms with van der Waals surface area (Å²) in [6.07, 6.45) is 2.93. The van der Waals surface area contributed by atoms with Crippen molar-refractivity contribution in [1.82, 2.24) is 4.90 Å². The van der Waals surface area contributed by atoms with Crippen molar-refractivity contribution >= 4 is 6.09 Å². The maximum atomic E-state index is 12.5. The topological polar surface area (TPSA) is 32.2 Å². The van der Waals surface area contributed by atoms with Gasteiger partial charge in [0.1, 0.15) is 16.8 Å². The van der Waals surface area contributed by atoms with Gasteiger partial charge >= 0.3 is 6.09 Å². The molecule has 0 N–H and O–H groups in total. The molecule has 2 rings (SSSR count). The number of likely N-dealkylation sites (tertiary alicyclic amines) is 1. The second kappa shape index (κ2) is 4.97. The Balaban J connectivity index is 2.20. The predicted molar refractivity (Wildman–Crippen MR) is 76.6 cm³/mol. The molecule has 3 heteroatoms. The van der Waals surface area contributed by atoms with E-state index in [9.17, 15) is 4.79 Å². The van der Waals surface area contributed by atoms with E-state index in [1.54, 1.807) is 0 Å². The summed E-state index contributed by atoms with van der Waals surface area (Å²) in [4.78, 5) is 14.4. The molecule has 1 amide bonds. The van der Waals surface area contributed by atoms with Crippen molar-refractivity contribution in [3.05, 3.63) is 30.3 Å². The zero-order chi connectivity index (χ0) is 14.1. The third-order valence-corrected chi connectivity index (χ3v) is 3.92. The van der Waals surface area contributed by atoms with Gasteiger partial charge in [-0.05, 0) is 46.2 Å². The SMILES string of the molecule is CC1(C)CCCC(C)(C)[N+]1C(=O)Oc1ccccc1. The molecule has 1 heterocycles. The van der Waals surface area contributed by atoms with Crippen molar-refractivity contribution in [2.45, 2.75) is 58.0 Å². The lowest BCUT2D eigenvalue weighted by molar-refractivity contribution is 0.0632. The Morgan fingerprint density at radius 3 is 2.11 bits per heavy atom. The average molecular weight is 261 g/mol. The van der Waals surface area contributed by atoms with Crippen LogP contribution in [0.4, 0.5) is 4.79 Å². The molecule has 0 saturated carbocycles. The average Bonchev–Trinajstić information content (AvgIpc) is 2.27. The summed E-state index contributed by atoms with van der Waals surface area (Å²) in [5.41, 5.74) is -0.318. The van der Waals surface area contributed by atoms with E-state index in [0.29, 0.717) is 5.75 Å². The summed E-state index contributed by atoms with van der Waals surface area (Å²) in [5.74, 6) is 0.602. The highest BCUT2D eigenvalue weighted by Gasteiger charge is 2.56. The maximum Gasteiger partial charge on any atom is 0.572 e. The monoisotopic (exact) mass is 261 g/mol. The van der Waals surface area contributed by atoms with Crippen LogP contribution in [0.5, 0.6) is 5.75 Å². The molecule has 1 aromatic rings. The van der Waals surface area contributed by atoms with E-state index < -0.39 is 0 Å². The van der Waals surface area contributed by atoms with E-state index in [-0.39, 0.29) is 17.2 Å². The van der Waals surface area contributed by atoms with Gasteiger partial charge in [0.05, 0.1) is 0 Å². The Hall–Kier alpha value is -1.35. The number of hydrogen-bond acceptors (Lipinski definition) is 2. The minimum atomic E-state index is -0.249. The zero-order valence-corrected chi connectivity index (χ0v) is 12.3. The Labute approximate surface area is 115 Å². The first-order chi connectivity index (χ1) is 8.83. The first-order valence-electron chi connectivity index (χ1n) is 6.90. The molecular weight excluding hydrogens is 238 g/mol. The molecule has 0 aromatic heterocycles. The molecule has 1 saturated heterocycles. The lowest BCUT2D eigenvalue weighted by Crippen LogP contribution is -2.66. The van der Waals surface area contributed by atoms with Crippen molar-refractivity contribution in [3.63, 3.8) is 0 Å². The van der Waals surface area contributed by atoms with Crippen LogP contribution in [-0.4, -0.2) is 17.2 Å². The number of amides is 1. The smallest absolute Gasteiger partial charge is 0.377 e. The second-order valence-electron chi connectivity index (χ2n) is 6.49. The van der Waals surface area contributed by atoms with Crippen molar-refractivity contribution in [2.75, 3.05) is 0 Å². The Morgan fingerprint density at radius 1 is 1.05 bits per heavy atom. The Kier molecular flexibility index (Phi) is 3.68. The van der Waals surface area contributed by atoms with Gasteiger partial charge in [-0.2, -0.15) is 4.79 Å². The van der Waals surface area contributed by atoms with Crippen molar-refractivity contribution in [2.24, 2.45) is 0 Å². The largest absolute Gasteiger partial charge is 0.572 e. The van der Waals surface area contributed by atoms with E-state index in [0.717, 1.165) is 19.3 Å². The Morgan fingerprint density at radius 2 is 1.58 bits per heavy atom. The third-order valence-electron chi connectivity index (χ3n) is 3.92. The van der Waals surface area contributed by atoms with Gasteiger partial charge in [0.2, 0.25) is 0 Å². The van der Waals surface area contributed by atoms with E-state index in [2.05, 4.69) is 27.7 Å². The number of rotatable bonds is 1. The van der Waals surface area contributed by atoms with Gasteiger partial charge in [-0.15, -0.1) is 0 Å². The number of hydrogen-bond donors (Lipinski definition) is 0. The highest BCUT2D eigenvalue weighted by Crippen LogP contribution is 2.36. The summed E-state index contributed by atoms with van der Waals surface area (Å²) in [6, 6.07) is 9.26. The summed E-state index contributed by atoms with van der Waals surface area (Å²) in [6.45, 7) is 8.45. The normalized spacial score (nSPS) is 21.9. The molecule has 1 radical (unpaired) electrons. The minimum Gasteiger partial charge on any atom is -0.377 e. The molecule has 1 aromatic carbocycles. The standard InChI is InChI=1S/C16H23NO2/c1-15(2)11-8-12-16(3,4)17(15)14(18)19-13-9-6-5-7-10-13/h5-7,9-10H,8,11-12H2,1-4H3/q+1. The van der Waals surface area contributed by atoms with Crippen LogP contribution >= 0.6 is 0 Å². The number of para-hydroxylation sites is 1. The van der Waals surface area contributed by atoms with Crippen LogP contribution in [0.25, 0.3) is 0 Å². The van der Waals surface area contributed by atoms with Gasteiger partial charge in [-0.25, -0.2) is 0 Å². The lowest BCUT2D eigenvalue weighted by atomic mass is 9.80. The van der Waals surface area contributed by atoms with Gasteiger partial charge in [0, 0.05) is 12.8 Å². The number of piperidine rings is 1. The zero-order valence-electron chi connectivity index (χ0n) is 12.3. The molecule has 0 spiro atoms. The van der Waals surface area contributed by atoms with Gasteiger partial charge < -0.3 is 4.74 Å². The maximum absolute atomic E-state index is 12.5. The number of carbonyl (C=O) groups excluding carboxylic acids is 1. The van der Waals surface area contributed by atoms with E-state index in [1.165, 1.54) is 0 Å². The van der Waals surface area contributed by atoms with E-state index in [1.807, 2.05) is 35.2 Å². The van der Waals surface area contributed by atoms with Gasteiger partial charge in [0.15, 0.2) is 0 Å². The fourth-order valence-electron chi connectivity index (χ4n) is 3.13. The lowest BCUT2D eigenvalue weighted by Gasteiger charge is -2.40. The predicted octanol–water partition coefficient (Wildman–Crippen LogP) is 4.07. The van der Waals surface area contributed by atoms with Gasteiger partial charge in [-0.1, -0.05) is 23.1 Å². The number of carbonyl (C=O) groups is 1. The molecule has 0 unspecified atom stereocenters. The highest BCUT2D eigenvalue weighted by atomic mass is 16.6. The molecule has 1 fully saturated rings. The van der Waals surface area contributed by atoms with Gasteiger partial charge in [-0.3, -0.25) is 0 Å². The highest BCUT2D eigenvalue weighted by molar-refractivity contribution is 5.75. The van der Waals surface area contributed by atoms with Crippen LogP contribution in [-0.2, 0) is 0 Å². The van der Waals surface area contributed by atoms with E-state index >= 15 is 0 Å². The first-order valence-corrected chi connectivity index (χ1v) is 6.90. The second-order valence-corrected chi connectivity index (χ2v) is 6.49. The molecule has 0 aliphatic carbocycles. The summed E-state index contributed by atoms with van der Waals surface area (Å²) < 4.78 is 5.51. The number of benzene rings is 1. The van der Waals surface area contributed by atoms with Crippen LogP contribution in [0.2, 0.25) is 0 Å². The summed E-state index contributed by atoms with van der Waals surface area (Å²) in [5, 5.41) is 0. The van der Waals surface area contributed by atoms with Crippen LogP contribution < -0.4 is 9.64 Å². The van der Waals surface area contributed by atoms with Crippen LogP contribution in [0.1, 0.15) is 47.0 Å². The summed E-state index contributed by atoms with van der Waals surface area (Å²) >= 11 is 0. The van der Waals surface area contributed by atoms with Crippen LogP contribution in [0.3, 0.4) is 0 Å². The molecular formula is C16H23NO2+. The third kappa shape index (κ3) is 2.98. The van der Waals surface area contributed by atoms with Crippen LogP contribution in [0.15, 0.2) is 30.3 Å². The first kappa shape index (κ1) is 14.1. The number of ether oxygens (including phenoxy) is 1.